The van der Waals surface area contributed by atoms with Gasteiger partial charge in [-0.1, -0.05) is 17.4 Å². The number of carbonyl (C=O) groups is 1. The Labute approximate surface area is 124 Å². The molecule has 3 rings (SSSR count). The third-order valence-electron chi connectivity index (χ3n) is 4.32. The zero-order valence-corrected chi connectivity index (χ0v) is 12.4. The fourth-order valence-electron chi connectivity index (χ4n) is 3.14. The Morgan fingerprint density at radius 3 is 3.10 bits per heavy atom. The molecule has 2 heterocycles. The molecular formula is C15H22N4O2. The molecule has 1 fully saturated rings. The summed E-state index contributed by atoms with van der Waals surface area (Å²) in [6, 6.07) is 0.242. The molecule has 1 aromatic rings. The molecular weight excluding hydrogens is 268 g/mol. The summed E-state index contributed by atoms with van der Waals surface area (Å²) in [6.45, 7) is 2.04. The number of methoxy groups -OCH3 is 1. The van der Waals surface area contributed by atoms with E-state index in [9.17, 15) is 4.79 Å². The van der Waals surface area contributed by atoms with Crippen molar-refractivity contribution in [3.05, 3.63) is 24.0 Å². The minimum atomic E-state index is 0.175. The van der Waals surface area contributed by atoms with Crippen molar-refractivity contribution in [2.75, 3.05) is 20.2 Å². The third kappa shape index (κ3) is 3.15. The molecule has 2 unspecified atom stereocenters. The van der Waals surface area contributed by atoms with Crippen LogP contribution < -0.4 is 0 Å². The normalized spacial score (nSPS) is 25.5. The van der Waals surface area contributed by atoms with Crippen molar-refractivity contribution in [2.45, 2.75) is 38.3 Å². The summed E-state index contributed by atoms with van der Waals surface area (Å²) in [7, 11) is 1.65. The van der Waals surface area contributed by atoms with E-state index in [1.807, 2.05) is 15.8 Å². The molecule has 21 heavy (non-hydrogen) atoms. The molecule has 114 valence electrons. The van der Waals surface area contributed by atoms with Crippen molar-refractivity contribution in [3.8, 4) is 0 Å². The molecule has 0 aromatic carbocycles. The minimum Gasteiger partial charge on any atom is -0.378 e. The van der Waals surface area contributed by atoms with Crippen LogP contribution in [0, 0.1) is 5.92 Å². The SMILES string of the molecule is COCc1cn(C2CCN(C(=O)C3CC=CCC3)C2)nn1. The number of allylic oxidation sites excluding steroid dienone is 2. The Balaban J connectivity index is 1.59. The van der Waals surface area contributed by atoms with E-state index < -0.39 is 0 Å². The summed E-state index contributed by atoms with van der Waals surface area (Å²) >= 11 is 0. The van der Waals surface area contributed by atoms with Gasteiger partial charge in [-0.3, -0.25) is 4.79 Å². The van der Waals surface area contributed by atoms with Gasteiger partial charge in [0, 0.05) is 26.1 Å². The standard InChI is InChI=1S/C15H22N4O2/c1-21-11-13-9-19(17-16-13)14-7-8-18(10-14)15(20)12-5-3-2-4-6-12/h2-3,9,12,14H,4-8,10-11H2,1H3. The van der Waals surface area contributed by atoms with Gasteiger partial charge in [-0.2, -0.15) is 0 Å². The zero-order valence-electron chi connectivity index (χ0n) is 12.4. The lowest BCUT2D eigenvalue weighted by atomic mass is 9.93. The average molecular weight is 290 g/mol. The highest BCUT2D eigenvalue weighted by atomic mass is 16.5. The number of likely N-dealkylation sites (tertiary alicyclic amines) is 1. The van der Waals surface area contributed by atoms with E-state index in [1.54, 1.807) is 7.11 Å². The van der Waals surface area contributed by atoms with Crippen LogP contribution >= 0.6 is 0 Å². The molecule has 1 aliphatic heterocycles. The second-order valence-corrected chi connectivity index (χ2v) is 5.83. The molecule has 6 heteroatoms. The number of rotatable bonds is 4. The van der Waals surface area contributed by atoms with Crippen molar-refractivity contribution >= 4 is 5.91 Å². The number of nitrogens with zero attached hydrogens (tertiary/aromatic N) is 4. The lowest BCUT2D eigenvalue weighted by Crippen LogP contribution is -2.35. The number of aromatic nitrogens is 3. The maximum Gasteiger partial charge on any atom is 0.226 e. The van der Waals surface area contributed by atoms with Gasteiger partial charge < -0.3 is 9.64 Å². The van der Waals surface area contributed by atoms with E-state index in [4.69, 9.17) is 4.74 Å². The van der Waals surface area contributed by atoms with E-state index in [1.165, 1.54) is 0 Å². The van der Waals surface area contributed by atoms with Crippen LogP contribution in [0.5, 0.6) is 0 Å². The number of ether oxygens (including phenoxy) is 1. The van der Waals surface area contributed by atoms with Crippen molar-refractivity contribution in [2.24, 2.45) is 5.92 Å². The van der Waals surface area contributed by atoms with E-state index in [-0.39, 0.29) is 12.0 Å². The van der Waals surface area contributed by atoms with Crippen LogP contribution in [0.4, 0.5) is 0 Å². The molecule has 2 atom stereocenters. The van der Waals surface area contributed by atoms with Crippen LogP contribution in [0.1, 0.15) is 37.4 Å². The molecule has 1 amide bonds. The lowest BCUT2D eigenvalue weighted by Gasteiger charge is -2.24. The average Bonchev–Trinajstić information content (AvgIpc) is 3.16. The zero-order chi connectivity index (χ0) is 14.7. The van der Waals surface area contributed by atoms with Gasteiger partial charge >= 0.3 is 0 Å². The Bertz CT molecular complexity index is 525. The first-order chi connectivity index (χ1) is 10.3. The lowest BCUT2D eigenvalue weighted by molar-refractivity contribution is -0.134. The molecule has 0 saturated carbocycles. The molecule has 1 aromatic heterocycles. The first-order valence-electron chi connectivity index (χ1n) is 7.61. The number of carbonyl (C=O) groups excluding carboxylic acids is 1. The summed E-state index contributed by atoms with van der Waals surface area (Å²) in [5, 5.41) is 8.25. The van der Waals surface area contributed by atoms with E-state index in [0.29, 0.717) is 12.5 Å². The van der Waals surface area contributed by atoms with Crippen LogP contribution in [0.25, 0.3) is 0 Å². The van der Waals surface area contributed by atoms with Gasteiger partial charge in [0.15, 0.2) is 0 Å². The smallest absolute Gasteiger partial charge is 0.226 e. The van der Waals surface area contributed by atoms with Gasteiger partial charge in [0.25, 0.3) is 0 Å². The Morgan fingerprint density at radius 2 is 2.33 bits per heavy atom. The largest absolute Gasteiger partial charge is 0.378 e. The molecule has 0 bridgehead atoms. The fraction of sp³-hybridized carbons (Fsp3) is 0.667. The van der Waals surface area contributed by atoms with Crippen LogP contribution in [0.3, 0.4) is 0 Å². The summed E-state index contributed by atoms with van der Waals surface area (Å²) < 4.78 is 6.93. The van der Waals surface area contributed by atoms with Gasteiger partial charge in [0.05, 0.1) is 18.8 Å². The highest BCUT2D eigenvalue weighted by Crippen LogP contribution is 2.26. The minimum absolute atomic E-state index is 0.175. The number of hydrogen-bond donors (Lipinski definition) is 0. The maximum absolute atomic E-state index is 12.5. The van der Waals surface area contributed by atoms with Crippen molar-refractivity contribution in [1.29, 1.82) is 0 Å². The van der Waals surface area contributed by atoms with Crippen LogP contribution in [-0.4, -0.2) is 46.0 Å². The Hall–Kier alpha value is -1.69. The monoisotopic (exact) mass is 290 g/mol. The van der Waals surface area contributed by atoms with Crippen LogP contribution in [0.15, 0.2) is 18.3 Å². The summed E-state index contributed by atoms with van der Waals surface area (Å²) in [6.07, 6.45) is 10.1. The number of hydrogen-bond acceptors (Lipinski definition) is 4. The van der Waals surface area contributed by atoms with Gasteiger partial charge in [-0.15, -0.1) is 5.10 Å². The fourth-order valence-corrected chi connectivity index (χ4v) is 3.14. The van der Waals surface area contributed by atoms with E-state index in [2.05, 4.69) is 22.5 Å². The quantitative estimate of drug-likeness (QED) is 0.790. The van der Waals surface area contributed by atoms with Gasteiger partial charge in [-0.25, -0.2) is 4.68 Å². The van der Waals surface area contributed by atoms with Gasteiger partial charge in [0.2, 0.25) is 5.91 Å². The van der Waals surface area contributed by atoms with E-state index in [0.717, 1.165) is 44.5 Å². The maximum atomic E-state index is 12.5. The van der Waals surface area contributed by atoms with Crippen molar-refractivity contribution in [3.63, 3.8) is 0 Å². The van der Waals surface area contributed by atoms with E-state index >= 15 is 0 Å². The topological polar surface area (TPSA) is 60.2 Å². The second-order valence-electron chi connectivity index (χ2n) is 5.83. The first-order valence-corrected chi connectivity index (χ1v) is 7.61. The van der Waals surface area contributed by atoms with Gasteiger partial charge in [0.1, 0.15) is 5.69 Å². The molecule has 1 saturated heterocycles. The summed E-state index contributed by atoms with van der Waals surface area (Å²) in [5.74, 6) is 0.479. The molecule has 1 aliphatic carbocycles. The second kappa shape index (κ2) is 6.39. The van der Waals surface area contributed by atoms with Crippen molar-refractivity contribution < 1.29 is 9.53 Å². The predicted molar refractivity (Wildman–Crippen MR) is 77.5 cm³/mol. The summed E-state index contributed by atoms with van der Waals surface area (Å²) in [5.41, 5.74) is 0.833. The highest BCUT2D eigenvalue weighted by Gasteiger charge is 2.31. The van der Waals surface area contributed by atoms with Gasteiger partial charge in [-0.05, 0) is 25.7 Å². The summed E-state index contributed by atoms with van der Waals surface area (Å²) in [4.78, 5) is 14.5. The van der Waals surface area contributed by atoms with Crippen LogP contribution in [-0.2, 0) is 16.1 Å². The van der Waals surface area contributed by atoms with Crippen LogP contribution in [0.2, 0.25) is 0 Å². The Morgan fingerprint density at radius 1 is 1.43 bits per heavy atom. The van der Waals surface area contributed by atoms with Crippen molar-refractivity contribution in [1.82, 2.24) is 19.9 Å². The molecule has 0 N–H and O–H groups in total. The third-order valence-corrected chi connectivity index (χ3v) is 4.32. The molecule has 6 nitrogen and oxygen atoms in total. The Kier molecular flexibility index (Phi) is 4.34. The highest BCUT2D eigenvalue weighted by molar-refractivity contribution is 5.79. The molecule has 0 spiro atoms. The number of amides is 1. The predicted octanol–water partition coefficient (Wildman–Crippen LogP) is 1.55. The molecule has 0 radical (unpaired) electrons. The molecule has 2 aliphatic rings. The first kappa shape index (κ1) is 14.3.